The van der Waals surface area contributed by atoms with Gasteiger partial charge in [0.2, 0.25) is 11.9 Å². The summed E-state index contributed by atoms with van der Waals surface area (Å²) in [6.45, 7) is 2.47. The second kappa shape index (κ2) is 5.63. The average Bonchev–Trinajstić information content (AvgIpc) is 3.02. The second-order valence-electron chi connectivity index (χ2n) is 5.41. The van der Waals surface area contributed by atoms with Crippen molar-refractivity contribution >= 4 is 28.6 Å². The molecule has 1 aliphatic rings. The van der Waals surface area contributed by atoms with E-state index in [2.05, 4.69) is 10.3 Å². The first kappa shape index (κ1) is 13.7. The molecule has 1 saturated heterocycles. The predicted octanol–water partition coefficient (Wildman–Crippen LogP) is 1.67. The Balaban J connectivity index is 1.71. The van der Waals surface area contributed by atoms with E-state index in [4.69, 9.17) is 5.73 Å². The van der Waals surface area contributed by atoms with Gasteiger partial charge in [-0.25, -0.2) is 4.98 Å². The molecule has 112 valence electrons. The number of amides is 1. The van der Waals surface area contributed by atoms with Crippen molar-refractivity contribution in [2.75, 3.05) is 31.2 Å². The van der Waals surface area contributed by atoms with E-state index in [1.807, 2.05) is 34.7 Å². The summed E-state index contributed by atoms with van der Waals surface area (Å²) in [5.41, 5.74) is 8.98. The molecular weight excluding hydrogens is 266 g/mol. The zero-order chi connectivity index (χ0) is 14.8. The number of anilines is 2. The Morgan fingerprint density at radius 1 is 1.38 bits per heavy atom. The van der Waals surface area contributed by atoms with Crippen LogP contribution in [0.1, 0.15) is 19.3 Å². The minimum atomic E-state index is 0.275. The number of carbonyl (C=O) groups is 1. The fraction of sp³-hybridized carbons (Fsp3) is 0.467. The molecule has 21 heavy (non-hydrogen) atoms. The number of nitrogens with two attached hydrogens (primary N) is 1. The van der Waals surface area contributed by atoms with Gasteiger partial charge >= 0.3 is 0 Å². The minimum Gasteiger partial charge on any atom is -0.388 e. The number of nitrogen functional groups attached to an aromatic ring is 1. The SMILES string of the molecule is CNc1ccc2c(c1)nc(N)n2CCCN1CCCC1=O. The summed E-state index contributed by atoms with van der Waals surface area (Å²) in [5.74, 6) is 0.808. The molecule has 0 aliphatic carbocycles. The molecule has 0 saturated carbocycles. The van der Waals surface area contributed by atoms with Gasteiger partial charge in [0.1, 0.15) is 0 Å². The third-order valence-corrected chi connectivity index (χ3v) is 4.05. The molecule has 1 amide bonds. The number of fused-ring (bicyclic) bond motifs is 1. The van der Waals surface area contributed by atoms with Crippen LogP contribution in [0.25, 0.3) is 11.0 Å². The van der Waals surface area contributed by atoms with E-state index in [-0.39, 0.29) is 5.91 Å². The number of hydrogen-bond acceptors (Lipinski definition) is 4. The summed E-state index contributed by atoms with van der Waals surface area (Å²) in [7, 11) is 1.88. The quantitative estimate of drug-likeness (QED) is 0.877. The van der Waals surface area contributed by atoms with Crippen molar-refractivity contribution in [3.05, 3.63) is 18.2 Å². The van der Waals surface area contributed by atoms with Gasteiger partial charge in [-0.1, -0.05) is 0 Å². The van der Waals surface area contributed by atoms with Crippen LogP contribution in [0.4, 0.5) is 11.6 Å². The number of benzene rings is 1. The highest BCUT2D eigenvalue weighted by Gasteiger charge is 2.19. The number of nitrogens with one attached hydrogen (secondary N) is 1. The van der Waals surface area contributed by atoms with E-state index >= 15 is 0 Å². The van der Waals surface area contributed by atoms with Gasteiger partial charge in [-0.2, -0.15) is 0 Å². The van der Waals surface area contributed by atoms with Crippen LogP contribution in [0.3, 0.4) is 0 Å². The van der Waals surface area contributed by atoms with E-state index in [1.165, 1.54) is 0 Å². The average molecular weight is 287 g/mol. The first-order valence-corrected chi connectivity index (χ1v) is 7.40. The Kier molecular flexibility index (Phi) is 3.68. The zero-order valence-electron chi connectivity index (χ0n) is 12.3. The highest BCUT2D eigenvalue weighted by Crippen LogP contribution is 2.22. The van der Waals surface area contributed by atoms with Gasteiger partial charge in [-0.05, 0) is 31.0 Å². The van der Waals surface area contributed by atoms with E-state index < -0.39 is 0 Å². The van der Waals surface area contributed by atoms with E-state index in [0.29, 0.717) is 12.4 Å². The van der Waals surface area contributed by atoms with Crippen LogP contribution < -0.4 is 11.1 Å². The van der Waals surface area contributed by atoms with Crippen LogP contribution in [0.15, 0.2) is 18.2 Å². The number of nitrogens with zero attached hydrogens (tertiary/aromatic N) is 3. The molecule has 1 aliphatic heterocycles. The molecular formula is C15H21N5O. The maximum atomic E-state index is 11.6. The van der Waals surface area contributed by atoms with Crippen LogP contribution in [0, 0.1) is 0 Å². The third kappa shape index (κ3) is 2.66. The lowest BCUT2D eigenvalue weighted by atomic mass is 10.2. The molecule has 0 unspecified atom stereocenters. The summed E-state index contributed by atoms with van der Waals surface area (Å²) in [4.78, 5) is 17.9. The fourth-order valence-electron chi connectivity index (χ4n) is 2.90. The van der Waals surface area contributed by atoms with Crippen LogP contribution in [-0.4, -0.2) is 40.5 Å². The number of rotatable bonds is 5. The van der Waals surface area contributed by atoms with Crippen molar-refractivity contribution < 1.29 is 4.79 Å². The van der Waals surface area contributed by atoms with Gasteiger partial charge in [0.25, 0.3) is 0 Å². The molecule has 2 aromatic rings. The molecule has 0 bridgehead atoms. The van der Waals surface area contributed by atoms with Gasteiger partial charge in [-0.15, -0.1) is 0 Å². The first-order valence-electron chi connectivity index (χ1n) is 7.40. The highest BCUT2D eigenvalue weighted by atomic mass is 16.2. The zero-order valence-corrected chi connectivity index (χ0v) is 12.3. The smallest absolute Gasteiger partial charge is 0.222 e. The Morgan fingerprint density at radius 2 is 2.24 bits per heavy atom. The summed E-state index contributed by atoms with van der Waals surface area (Å²) in [6, 6.07) is 6.04. The number of aromatic nitrogens is 2. The number of aryl methyl sites for hydroxylation is 1. The molecule has 3 rings (SSSR count). The van der Waals surface area contributed by atoms with Crippen molar-refractivity contribution in [2.24, 2.45) is 0 Å². The standard InChI is InChI=1S/C15H21N5O/c1-17-11-5-6-13-12(10-11)18-15(16)20(13)9-3-8-19-7-2-4-14(19)21/h5-6,10,17H,2-4,7-9H2,1H3,(H2,16,18). The molecule has 0 radical (unpaired) electrons. The Labute approximate surface area is 123 Å². The topological polar surface area (TPSA) is 76.2 Å². The number of imidazole rings is 1. The highest BCUT2D eigenvalue weighted by molar-refractivity contribution is 5.82. The van der Waals surface area contributed by atoms with Crippen LogP contribution in [0.2, 0.25) is 0 Å². The van der Waals surface area contributed by atoms with Crippen molar-refractivity contribution in [2.45, 2.75) is 25.8 Å². The number of carbonyl (C=O) groups excluding carboxylic acids is 1. The molecule has 1 aromatic heterocycles. The molecule has 1 fully saturated rings. The molecule has 3 N–H and O–H groups in total. The minimum absolute atomic E-state index is 0.275. The van der Waals surface area contributed by atoms with Crippen molar-refractivity contribution in [3.8, 4) is 0 Å². The van der Waals surface area contributed by atoms with Crippen LogP contribution in [-0.2, 0) is 11.3 Å². The molecule has 6 heteroatoms. The van der Waals surface area contributed by atoms with Gasteiger partial charge in [0, 0.05) is 38.8 Å². The Hall–Kier alpha value is -2.24. The van der Waals surface area contributed by atoms with Crippen molar-refractivity contribution in [3.63, 3.8) is 0 Å². The van der Waals surface area contributed by atoms with Crippen molar-refractivity contribution in [1.29, 1.82) is 0 Å². The van der Waals surface area contributed by atoms with Crippen LogP contribution >= 0.6 is 0 Å². The second-order valence-corrected chi connectivity index (χ2v) is 5.41. The van der Waals surface area contributed by atoms with Gasteiger partial charge in [-0.3, -0.25) is 4.79 Å². The summed E-state index contributed by atoms with van der Waals surface area (Å²) in [5, 5.41) is 3.10. The molecule has 2 heterocycles. The van der Waals surface area contributed by atoms with Gasteiger partial charge < -0.3 is 20.5 Å². The summed E-state index contributed by atoms with van der Waals surface area (Å²) < 4.78 is 2.02. The van der Waals surface area contributed by atoms with Crippen molar-refractivity contribution in [1.82, 2.24) is 14.5 Å². The monoisotopic (exact) mass is 287 g/mol. The molecule has 1 aromatic carbocycles. The van der Waals surface area contributed by atoms with Crippen LogP contribution in [0.5, 0.6) is 0 Å². The maximum absolute atomic E-state index is 11.6. The summed E-state index contributed by atoms with van der Waals surface area (Å²) in [6.07, 6.45) is 2.58. The largest absolute Gasteiger partial charge is 0.388 e. The lowest BCUT2D eigenvalue weighted by Crippen LogP contribution is -2.26. The third-order valence-electron chi connectivity index (χ3n) is 4.05. The molecule has 0 spiro atoms. The Bertz CT molecular complexity index is 663. The lowest BCUT2D eigenvalue weighted by molar-refractivity contribution is -0.127. The molecule has 0 atom stereocenters. The van der Waals surface area contributed by atoms with Gasteiger partial charge in [0.05, 0.1) is 11.0 Å². The Morgan fingerprint density at radius 3 is 2.95 bits per heavy atom. The number of likely N-dealkylation sites (tertiary alicyclic amines) is 1. The fourth-order valence-corrected chi connectivity index (χ4v) is 2.90. The van der Waals surface area contributed by atoms with E-state index in [1.54, 1.807) is 0 Å². The first-order chi connectivity index (χ1) is 10.2. The molecule has 6 nitrogen and oxygen atoms in total. The predicted molar refractivity (Wildman–Crippen MR) is 84.1 cm³/mol. The van der Waals surface area contributed by atoms with E-state index in [9.17, 15) is 4.79 Å². The van der Waals surface area contributed by atoms with Gasteiger partial charge in [0.15, 0.2) is 0 Å². The van der Waals surface area contributed by atoms with E-state index in [0.717, 1.165) is 49.2 Å². The summed E-state index contributed by atoms with van der Waals surface area (Å²) >= 11 is 0. The normalized spacial score (nSPS) is 15.1. The lowest BCUT2D eigenvalue weighted by Gasteiger charge is -2.15. The number of hydrogen-bond donors (Lipinski definition) is 2. The maximum Gasteiger partial charge on any atom is 0.222 e.